The molecule has 1 fully saturated rings. The zero-order chi connectivity index (χ0) is 28.3. The van der Waals surface area contributed by atoms with Crippen LogP contribution in [0.25, 0.3) is 11.1 Å². The van der Waals surface area contributed by atoms with Crippen molar-refractivity contribution in [2.24, 2.45) is 5.92 Å². The lowest BCUT2D eigenvalue weighted by Crippen LogP contribution is -2.34. The van der Waals surface area contributed by atoms with E-state index in [9.17, 15) is 23.1 Å². The summed E-state index contributed by atoms with van der Waals surface area (Å²) in [5.74, 6) is -1.01. The van der Waals surface area contributed by atoms with Crippen LogP contribution in [0.1, 0.15) is 78.3 Å². The number of piperidine rings is 1. The maximum atomic E-state index is 13.4. The van der Waals surface area contributed by atoms with Crippen LogP contribution >= 0.6 is 0 Å². The molecule has 6 heteroatoms. The molecule has 2 atom stereocenters. The lowest BCUT2D eigenvalue weighted by atomic mass is 9.83. The van der Waals surface area contributed by atoms with Crippen LogP contribution in [0.4, 0.5) is 13.2 Å². The maximum absolute atomic E-state index is 13.4. The Morgan fingerprint density at radius 3 is 2.33 bits per heavy atom. The first kappa shape index (κ1) is 28.9. The summed E-state index contributed by atoms with van der Waals surface area (Å²) in [7, 11) is 0. The number of benzene rings is 3. The van der Waals surface area contributed by atoms with Gasteiger partial charge < -0.3 is 5.11 Å². The van der Waals surface area contributed by atoms with Crippen LogP contribution in [0.2, 0.25) is 0 Å². The molecule has 3 nitrogen and oxygen atoms in total. The molecular weight excluding hydrogens is 499 g/mol. The second kappa shape index (κ2) is 12.0. The molecule has 3 aromatic rings. The third-order valence-electron chi connectivity index (χ3n) is 7.62. The fraction of sp³-hybridized carbons (Fsp3) is 0.424. The van der Waals surface area contributed by atoms with E-state index < -0.39 is 23.6 Å². The summed E-state index contributed by atoms with van der Waals surface area (Å²) in [4.78, 5) is 14.5. The lowest BCUT2D eigenvalue weighted by Gasteiger charge is -2.34. The van der Waals surface area contributed by atoms with E-state index in [1.807, 2.05) is 32.9 Å². The zero-order valence-corrected chi connectivity index (χ0v) is 23.2. The Kier molecular flexibility index (Phi) is 8.85. The normalized spacial score (nSPS) is 17.4. The number of nitrogens with zero attached hydrogens (tertiary/aromatic N) is 1. The predicted octanol–water partition coefficient (Wildman–Crippen LogP) is 8.58. The number of rotatable bonds is 8. The highest BCUT2D eigenvalue weighted by Crippen LogP contribution is 2.36. The molecule has 208 valence electrons. The topological polar surface area (TPSA) is 40.5 Å². The van der Waals surface area contributed by atoms with E-state index >= 15 is 0 Å². The van der Waals surface area contributed by atoms with Crippen molar-refractivity contribution in [2.45, 2.75) is 71.5 Å². The number of alkyl halides is 3. The maximum Gasteiger partial charge on any atom is 0.416 e. The Morgan fingerprint density at radius 2 is 1.69 bits per heavy atom. The SMILES string of the molecule is Cc1ccc(-c2cc(C3CCCN(Cc4cc(C)cc(C(F)(F)F)c4)C3)cc(C(CC(C)C)C(=O)O)c2)cc1. The summed E-state index contributed by atoms with van der Waals surface area (Å²) in [6.07, 6.45) is -1.93. The summed E-state index contributed by atoms with van der Waals surface area (Å²) in [5.41, 5.74) is 5.79. The van der Waals surface area contributed by atoms with Gasteiger partial charge in [-0.1, -0.05) is 73.5 Å². The molecule has 1 N–H and O–H groups in total. The van der Waals surface area contributed by atoms with Gasteiger partial charge in [0.05, 0.1) is 11.5 Å². The van der Waals surface area contributed by atoms with Crippen molar-refractivity contribution in [1.82, 2.24) is 4.90 Å². The van der Waals surface area contributed by atoms with Gasteiger partial charge in [0, 0.05) is 13.1 Å². The minimum atomic E-state index is -4.37. The predicted molar refractivity (Wildman–Crippen MR) is 150 cm³/mol. The van der Waals surface area contributed by atoms with E-state index in [1.165, 1.54) is 12.1 Å². The van der Waals surface area contributed by atoms with Crippen LogP contribution in [0, 0.1) is 19.8 Å². The number of carboxylic acids is 1. The van der Waals surface area contributed by atoms with Gasteiger partial charge >= 0.3 is 12.1 Å². The number of likely N-dealkylation sites (tertiary alicyclic amines) is 1. The zero-order valence-electron chi connectivity index (χ0n) is 23.2. The minimum absolute atomic E-state index is 0.170. The van der Waals surface area contributed by atoms with Crippen LogP contribution in [0.5, 0.6) is 0 Å². The average molecular weight is 538 g/mol. The fourth-order valence-electron chi connectivity index (χ4n) is 5.72. The highest BCUT2D eigenvalue weighted by atomic mass is 19.4. The van der Waals surface area contributed by atoms with E-state index in [1.54, 1.807) is 6.92 Å². The van der Waals surface area contributed by atoms with E-state index in [4.69, 9.17) is 0 Å². The largest absolute Gasteiger partial charge is 0.481 e. The van der Waals surface area contributed by atoms with E-state index in [0.29, 0.717) is 30.6 Å². The highest BCUT2D eigenvalue weighted by Gasteiger charge is 2.31. The molecule has 0 spiro atoms. The Morgan fingerprint density at radius 1 is 0.974 bits per heavy atom. The van der Waals surface area contributed by atoms with Crippen molar-refractivity contribution in [1.29, 1.82) is 0 Å². The third-order valence-corrected chi connectivity index (χ3v) is 7.62. The number of hydrogen-bond acceptors (Lipinski definition) is 2. The van der Waals surface area contributed by atoms with Crippen LogP contribution in [-0.2, 0) is 17.5 Å². The molecule has 1 aliphatic heterocycles. The molecular formula is C33H38F3NO2. The van der Waals surface area contributed by atoms with Crippen LogP contribution in [0.15, 0.2) is 60.7 Å². The Balaban J connectivity index is 1.66. The summed E-state index contributed by atoms with van der Waals surface area (Å²) < 4.78 is 40.2. The van der Waals surface area contributed by atoms with Gasteiger partial charge in [0.2, 0.25) is 0 Å². The Bertz CT molecular complexity index is 1300. The molecule has 1 aliphatic rings. The van der Waals surface area contributed by atoms with Crippen molar-refractivity contribution in [3.05, 3.63) is 94.0 Å². The molecule has 0 amide bonds. The van der Waals surface area contributed by atoms with Gasteiger partial charge in [-0.15, -0.1) is 0 Å². The van der Waals surface area contributed by atoms with Gasteiger partial charge in [0.1, 0.15) is 0 Å². The van der Waals surface area contributed by atoms with Crippen molar-refractivity contribution in [3.63, 3.8) is 0 Å². The van der Waals surface area contributed by atoms with E-state index in [-0.39, 0.29) is 11.8 Å². The summed E-state index contributed by atoms with van der Waals surface area (Å²) in [6, 6.07) is 18.8. The van der Waals surface area contributed by atoms with E-state index in [0.717, 1.165) is 47.2 Å². The van der Waals surface area contributed by atoms with Gasteiger partial charge in [-0.05, 0) is 91.4 Å². The number of hydrogen-bond donors (Lipinski definition) is 1. The smallest absolute Gasteiger partial charge is 0.416 e. The molecule has 3 aromatic carbocycles. The molecule has 39 heavy (non-hydrogen) atoms. The van der Waals surface area contributed by atoms with Gasteiger partial charge in [-0.3, -0.25) is 9.69 Å². The number of carboxylic acid groups (broad SMARTS) is 1. The van der Waals surface area contributed by atoms with Crippen molar-refractivity contribution >= 4 is 5.97 Å². The first-order valence-corrected chi connectivity index (χ1v) is 13.7. The van der Waals surface area contributed by atoms with Gasteiger partial charge in [-0.2, -0.15) is 13.2 Å². The lowest BCUT2D eigenvalue weighted by molar-refractivity contribution is -0.139. The van der Waals surface area contributed by atoms with Gasteiger partial charge in [-0.25, -0.2) is 0 Å². The molecule has 0 saturated carbocycles. The Hall–Kier alpha value is -3.12. The van der Waals surface area contributed by atoms with Gasteiger partial charge in [0.25, 0.3) is 0 Å². The number of halogens is 3. The first-order valence-electron chi connectivity index (χ1n) is 13.7. The Labute approximate surface area is 229 Å². The minimum Gasteiger partial charge on any atom is -0.481 e. The van der Waals surface area contributed by atoms with E-state index in [2.05, 4.69) is 41.3 Å². The number of aryl methyl sites for hydroxylation is 2. The van der Waals surface area contributed by atoms with Gasteiger partial charge in [0.15, 0.2) is 0 Å². The standard InChI is InChI=1S/C33H38F3NO2/c1-21(2)12-31(32(38)39)29-17-27(25-9-7-22(3)8-10-25)16-28(18-29)26-6-5-11-37(20-26)19-24-13-23(4)14-30(15-24)33(34,35)36/h7-10,13-18,21,26,31H,5-6,11-12,19-20H2,1-4H3,(H,38,39). The number of aliphatic carboxylic acids is 1. The molecule has 1 saturated heterocycles. The molecule has 0 aliphatic carbocycles. The first-order chi connectivity index (χ1) is 18.4. The molecule has 0 radical (unpaired) electrons. The summed E-state index contributed by atoms with van der Waals surface area (Å²) >= 11 is 0. The monoisotopic (exact) mass is 537 g/mol. The second-order valence-electron chi connectivity index (χ2n) is 11.6. The third kappa shape index (κ3) is 7.51. The molecule has 0 bridgehead atoms. The van der Waals surface area contributed by atoms with Crippen LogP contribution in [-0.4, -0.2) is 29.1 Å². The highest BCUT2D eigenvalue weighted by molar-refractivity contribution is 5.77. The number of carbonyl (C=O) groups is 1. The molecule has 4 rings (SSSR count). The van der Waals surface area contributed by atoms with Crippen molar-refractivity contribution in [3.8, 4) is 11.1 Å². The fourth-order valence-corrected chi connectivity index (χ4v) is 5.72. The summed E-state index contributed by atoms with van der Waals surface area (Å²) in [5, 5.41) is 10.1. The van der Waals surface area contributed by atoms with Crippen LogP contribution < -0.4 is 0 Å². The van der Waals surface area contributed by atoms with Crippen molar-refractivity contribution in [2.75, 3.05) is 13.1 Å². The average Bonchev–Trinajstić information content (AvgIpc) is 2.86. The molecule has 0 aromatic heterocycles. The summed E-state index contributed by atoms with van der Waals surface area (Å²) in [6.45, 7) is 9.81. The molecule has 1 heterocycles. The second-order valence-corrected chi connectivity index (χ2v) is 11.6. The van der Waals surface area contributed by atoms with Crippen LogP contribution in [0.3, 0.4) is 0 Å². The molecule has 2 unspecified atom stereocenters. The van der Waals surface area contributed by atoms with Crippen molar-refractivity contribution < 1.29 is 23.1 Å². The quantitative estimate of drug-likeness (QED) is 0.313.